The molecule has 0 saturated carbocycles. The van der Waals surface area contributed by atoms with E-state index in [1.807, 2.05) is 19.1 Å². The lowest BCUT2D eigenvalue weighted by molar-refractivity contribution is -0.137. The third kappa shape index (κ3) is 4.84. The first-order valence-electron chi connectivity index (χ1n) is 6.98. The second-order valence-electron chi connectivity index (χ2n) is 4.76. The van der Waals surface area contributed by atoms with E-state index in [0.29, 0.717) is 18.2 Å². The minimum Gasteiger partial charge on any atom is -0.463 e. The number of carbonyl (C=O) groups excluding carboxylic acids is 1. The van der Waals surface area contributed by atoms with Gasteiger partial charge in [0.25, 0.3) is 0 Å². The summed E-state index contributed by atoms with van der Waals surface area (Å²) in [7, 11) is 0. The Hall–Kier alpha value is -1.36. The molecule has 0 aliphatic carbocycles. The zero-order valence-electron chi connectivity index (χ0n) is 12.2. The van der Waals surface area contributed by atoms with Crippen molar-refractivity contribution in [1.29, 1.82) is 0 Å². The number of halogens is 1. The molecular formula is C16H19ClO4. The number of rotatable bonds is 7. The lowest BCUT2D eigenvalue weighted by Gasteiger charge is -2.16. The molecular weight excluding hydrogens is 292 g/mol. The molecule has 21 heavy (non-hydrogen) atoms. The van der Waals surface area contributed by atoms with Crippen molar-refractivity contribution in [2.45, 2.75) is 26.1 Å². The molecule has 0 bridgehead atoms. The molecule has 1 fully saturated rings. The van der Waals surface area contributed by atoms with Crippen molar-refractivity contribution in [2.24, 2.45) is 0 Å². The van der Waals surface area contributed by atoms with Crippen LogP contribution in [0.5, 0.6) is 0 Å². The standard InChI is InChI=1S/C16H19ClO4/c1-3-19-16(18)8-7-14-13(5-4-6-15(14)17)11(2)20-9-12-10-21-12/h4-8,11-12H,3,9-10H2,1-2H3/b8-7+/t11-,12+/m1/s1. The van der Waals surface area contributed by atoms with Gasteiger partial charge >= 0.3 is 5.97 Å². The van der Waals surface area contributed by atoms with Gasteiger partial charge in [-0.25, -0.2) is 4.79 Å². The molecule has 0 spiro atoms. The molecule has 0 unspecified atom stereocenters. The predicted molar refractivity (Wildman–Crippen MR) is 81.2 cm³/mol. The number of esters is 1. The minimum absolute atomic E-state index is 0.130. The zero-order chi connectivity index (χ0) is 15.2. The first-order valence-corrected chi connectivity index (χ1v) is 7.36. The maximum Gasteiger partial charge on any atom is 0.330 e. The van der Waals surface area contributed by atoms with Crippen molar-refractivity contribution >= 4 is 23.6 Å². The smallest absolute Gasteiger partial charge is 0.330 e. The summed E-state index contributed by atoms with van der Waals surface area (Å²) in [4.78, 5) is 11.4. The lowest BCUT2D eigenvalue weighted by atomic mass is 10.0. The average molecular weight is 311 g/mol. The van der Waals surface area contributed by atoms with Crippen LogP contribution >= 0.6 is 11.6 Å². The van der Waals surface area contributed by atoms with Crippen LogP contribution in [0.15, 0.2) is 24.3 Å². The molecule has 2 rings (SSSR count). The number of epoxide rings is 1. The predicted octanol–water partition coefficient (Wildman–Crippen LogP) is 3.39. The van der Waals surface area contributed by atoms with Crippen LogP contribution < -0.4 is 0 Å². The average Bonchev–Trinajstić information content (AvgIpc) is 3.27. The molecule has 0 N–H and O–H groups in total. The van der Waals surface area contributed by atoms with Gasteiger partial charge in [-0.2, -0.15) is 0 Å². The van der Waals surface area contributed by atoms with E-state index in [1.54, 1.807) is 19.1 Å². The second-order valence-corrected chi connectivity index (χ2v) is 5.17. The fourth-order valence-corrected chi connectivity index (χ4v) is 2.18. The third-order valence-electron chi connectivity index (χ3n) is 3.13. The molecule has 1 aliphatic rings. The Bertz CT molecular complexity index is 523. The summed E-state index contributed by atoms with van der Waals surface area (Å²) in [5.74, 6) is -0.386. The Labute approximate surface area is 129 Å². The Morgan fingerprint density at radius 2 is 2.33 bits per heavy atom. The highest BCUT2D eigenvalue weighted by atomic mass is 35.5. The van der Waals surface area contributed by atoms with Gasteiger partial charge in [-0.15, -0.1) is 0 Å². The van der Waals surface area contributed by atoms with Crippen LogP contribution in [0.3, 0.4) is 0 Å². The Balaban J connectivity index is 2.12. The van der Waals surface area contributed by atoms with Crippen molar-refractivity contribution in [2.75, 3.05) is 19.8 Å². The molecule has 1 heterocycles. The van der Waals surface area contributed by atoms with E-state index >= 15 is 0 Å². The summed E-state index contributed by atoms with van der Waals surface area (Å²) >= 11 is 6.23. The van der Waals surface area contributed by atoms with Gasteiger partial charge in [0.15, 0.2) is 0 Å². The van der Waals surface area contributed by atoms with Crippen LogP contribution in [0.25, 0.3) is 6.08 Å². The van der Waals surface area contributed by atoms with E-state index < -0.39 is 0 Å². The van der Waals surface area contributed by atoms with Gasteiger partial charge in [0.05, 0.1) is 25.9 Å². The third-order valence-corrected chi connectivity index (χ3v) is 3.46. The van der Waals surface area contributed by atoms with Crippen LogP contribution in [0.1, 0.15) is 31.1 Å². The van der Waals surface area contributed by atoms with Crippen LogP contribution in [0.2, 0.25) is 5.02 Å². The molecule has 114 valence electrons. The van der Waals surface area contributed by atoms with Crippen LogP contribution in [0.4, 0.5) is 0 Å². The van der Waals surface area contributed by atoms with Gasteiger partial charge in [-0.1, -0.05) is 23.7 Å². The Kier molecular flexibility index (Phi) is 5.79. The second kappa shape index (κ2) is 7.59. The van der Waals surface area contributed by atoms with Crippen molar-refractivity contribution in [3.8, 4) is 0 Å². The summed E-state index contributed by atoms with van der Waals surface area (Å²) in [5.41, 5.74) is 1.71. The monoisotopic (exact) mass is 310 g/mol. The van der Waals surface area contributed by atoms with Crippen LogP contribution in [0, 0.1) is 0 Å². The molecule has 1 aliphatic heterocycles. The number of hydrogen-bond donors (Lipinski definition) is 0. The fraction of sp³-hybridized carbons (Fsp3) is 0.438. The Morgan fingerprint density at radius 1 is 1.57 bits per heavy atom. The van der Waals surface area contributed by atoms with Gasteiger partial charge in [0.1, 0.15) is 6.10 Å². The van der Waals surface area contributed by atoms with Gasteiger partial charge in [-0.05, 0) is 37.1 Å². The maximum absolute atomic E-state index is 11.4. The van der Waals surface area contributed by atoms with Crippen molar-refractivity contribution in [3.63, 3.8) is 0 Å². The summed E-state index contributed by atoms with van der Waals surface area (Å²) in [6, 6.07) is 5.59. The normalized spacial score (nSPS) is 18.7. The molecule has 1 aromatic rings. The molecule has 0 aromatic heterocycles. The quantitative estimate of drug-likeness (QED) is 0.440. The minimum atomic E-state index is -0.386. The first kappa shape index (κ1) is 16.0. The molecule has 5 heteroatoms. The fourth-order valence-electron chi connectivity index (χ4n) is 1.93. The summed E-state index contributed by atoms with van der Waals surface area (Å²) in [6.45, 7) is 5.39. The number of carbonyl (C=O) groups is 1. The molecule has 1 aromatic carbocycles. The number of hydrogen-bond acceptors (Lipinski definition) is 4. The number of ether oxygens (including phenoxy) is 3. The van der Waals surface area contributed by atoms with E-state index in [2.05, 4.69) is 0 Å². The highest BCUT2D eigenvalue weighted by Gasteiger charge is 2.24. The zero-order valence-corrected chi connectivity index (χ0v) is 12.9. The first-order chi connectivity index (χ1) is 10.1. The highest BCUT2D eigenvalue weighted by molar-refractivity contribution is 6.32. The summed E-state index contributed by atoms with van der Waals surface area (Å²) < 4.78 is 15.8. The molecule has 0 amide bonds. The maximum atomic E-state index is 11.4. The summed E-state index contributed by atoms with van der Waals surface area (Å²) in [5, 5.41) is 0.575. The van der Waals surface area contributed by atoms with E-state index in [9.17, 15) is 4.79 Å². The molecule has 2 atom stereocenters. The van der Waals surface area contributed by atoms with Crippen LogP contribution in [-0.2, 0) is 19.0 Å². The lowest BCUT2D eigenvalue weighted by Crippen LogP contribution is -2.07. The number of benzene rings is 1. The van der Waals surface area contributed by atoms with Crippen molar-refractivity contribution in [3.05, 3.63) is 40.4 Å². The molecule has 4 nitrogen and oxygen atoms in total. The van der Waals surface area contributed by atoms with E-state index in [-0.39, 0.29) is 18.2 Å². The highest BCUT2D eigenvalue weighted by Crippen LogP contribution is 2.29. The van der Waals surface area contributed by atoms with E-state index in [1.165, 1.54) is 6.08 Å². The topological polar surface area (TPSA) is 48.1 Å². The molecule has 1 saturated heterocycles. The SMILES string of the molecule is CCOC(=O)/C=C/c1c(Cl)cccc1[C@@H](C)OC[C@H]1CO1. The van der Waals surface area contributed by atoms with Crippen molar-refractivity contribution < 1.29 is 19.0 Å². The summed E-state index contributed by atoms with van der Waals surface area (Å²) in [6.07, 6.45) is 3.13. The van der Waals surface area contributed by atoms with E-state index in [4.69, 9.17) is 25.8 Å². The van der Waals surface area contributed by atoms with E-state index in [0.717, 1.165) is 17.7 Å². The largest absolute Gasteiger partial charge is 0.463 e. The van der Waals surface area contributed by atoms with Gasteiger partial charge < -0.3 is 14.2 Å². The van der Waals surface area contributed by atoms with Gasteiger partial charge in [-0.3, -0.25) is 0 Å². The molecule has 0 radical (unpaired) electrons. The van der Waals surface area contributed by atoms with Gasteiger partial charge in [0.2, 0.25) is 0 Å². The van der Waals surface area contributed by atoms with Crippen LogP contribution in [-0.4, -0.2) is 31.9 Å². The van der Waals surface area contributed by atoms with Gasteiger partial charge in [0, 0.05) is 11.1 Å². The Morgan fingerprint density at radius 3 is 3.00 bits per heavy atom. The van der Waals surface area contributed by atoms with Crippen molar-refractivity contribution in [1.82, 2.24) is 0 Å².